The number of nitrogens with zero attached hydrogens (tertiary/aromatic N) is 3. The Balaban J connectivity index is 1.73. The molecule has 0 atom stereocenters. The number of amidine groups is 1. The van der Waals surface area contributed by atoms with Crippen LogP contribution in [0.4, 0.5) is 0 Å². The Morgan fingerprint density at radius 2 is 1.76 bits per heavy atom. The van der Waals surface area contributed by atoms with E-state index in [1.807, 2.05) is 0 Å². The molecule has 2 aliphatic rings. The summed E-state index contributed by atoms with van der Waals surface area (Å²) in [5, 5.41) is 11.6. The molecule has 0 aliphatic carbocycles. The minimum Gasteiger partial charge on any atom is -0.409 e. The maximum atomic E-state index is 8.55. The normalized spacial score (nSPS) is 26.2. The van der Waals surface area contributed by atoms with Crippen LogP contribution in [0.1, 0.15) is 32.1 Å². The Morgan fingerprint density at radius 3 is 2.35 bits per heavy atom. The molecule has 0 unspecified atom stereocenters. The van der Waals surface area contributed by atoms with E-state index in [1.54, 1.807) is 0 Å². The molecule has 3 N–H and O–H groups in total. The third kappa shape index (κ3) is 3.57. The van der Waals surface area contributed by atoms with E-state index in [1.165, 1.54) is 45.2 Å². The van der Waals surface area contributed by atoms with Gasteiger partial charge in [0, 0.05) is 19.1 Å². The van der Waals surface area contributed by atoms with Crippen LogP contribution < -0.4 is 5.73 Å². The molecule has 5 heteroatoms. The molecule has 2 fully saturated rings. The van der Waals surface area contributed by atoms with E-state index in [9.17, 15) is 0 Å². The smallest absolute Gasteiger partial charge is 0.153 e. The van der Waals surface area contributed by atoms with Crippen molar-refractivity contribution in [3.05, 3.63) is 0 Å². The zero-order chi connectivity index (χ0) is 12.1. The van der Waals surface area contributed by atoms with Crippen molar-refractivity contribution in [2.75, 3.05) is 32.7 Å². The van der Waals surface area contributed by atoms with Crippen LogP contribution in [0.5, 0.6) is 0 Å². The summed E-state index contributed by atoms with van der Waals surface area (Å²) in [4.78, 5) is 4.93. The molecular weight excluding hydrogens is 216 g/mol. The standard InChI is InChI=1S/C12H24N4O/c13-12(14-17)10-15-8-4-11(5-9-15)16-6-2-1-3-7-16/h11,17H,1-10H2,(H2,13,14). The summed E-state index contributed by atoms with van der Waals surface area (Å²) in [6.07, 6.45) is 6.57. The van der Waals surface area contributed by atoms with Crippen LogP contribution in [0.3, 0.4) is 0 Å². The van der Waals surface area contributed by atoms with Crippen LogP contribution in [-0.4, -0.2) is 59.6 Å². The fourth-order valence-corrected chi connectivity index (χ4v) is 2.99. The summed E-state index contributed by atoms with van der Waals surface area (Å²) in [5.74, 6) is 0.321. The van der Waals surface area contributed by atoms with E-state index < -0.39 is 0 Å². The molecule has 0 aromatic carbocycles. The van der Waals surface area contributed by atoms with E-state index >= 15 is 0 Å². The Hall–Kier alpha value is -0.810. The highest BCUT2D eigenvalue weighted by Crippen LogP contribution is 2.20. The van der Waals surface area contributed by atoms with Gasteiger partial charge >= 0.3 is 0 Å². The lowest BCUT2D eigenvalue weighted by atomic mass is 10.00. The number of rotatable bonds is 3. The van der Waals surface area contributed by atoms with Gasteiger partial charge in [-0.2, -0.15) is 0 Å². The third-order valence-corrected chi connectivity index (χ3v) is 3.98. The molecule has 0 saturated carbocycles. The zero-order valence-electron chi connectivity index (χ0n) is 10.5. The summed E-state index contributed by atoms with van der Waals surface area (Å²) < 4.78 is 0. The first-order chi connectivity index (χ1) is 8.29. The van der Waals surface area contributed by atoms with Crippen molar-refractivity contribution in [3.63, 3.8) is 0 Å². The summed E-state index contributed by atoms with van der Waals surface area (Å²) in [7, 11) is 0. The van der Waals surface area contributed by atoms with Gasteiger partial charge in [0.25, 0.3) is 0 Å². The van der Waals surface area contributed by atoms with Crippen LogP contribution in [0.15, 0.2) is 5.16 Å². The lowest BCUT2D eigenvalue weighted by Gasteiger charge is -2.40. The Labute approximate surface area is 103 Å². The molecule has 0 aromatic heterocycles. The first-order valence-electron chi connectivity index (χ1n) is 6.72. The summed E-state index contributed by atoms with van der Waals surface area (Å²) in [6.45, 7) is 5.30. The monoisotopic (exact) mass is 240 g/mol. The average Bonchev–Trinajstić information content (AvgIpc) is 2.40. The highest BCUT2D eigenvalue weighted by atomic mass is 16.4. The van der Waals surface area contributed by atoms with Gasteiger partial charge in [-0.05, 0) is 38.8 Å². The van der Waals surface area contributed by atoms with Crippen LogP contribution in [0.2, 0.25) is 0 Å². The van der Waals surface area contributed by atoms with E-state index in [0.29, 0.717) is 12.4 Å². The number of likely N-dealkylation sites (tertiary alicyclic amines) is 2. The second-order valence-electron chi connectivity index (χ2n) is 5.20. The van der Waals surface area contributed by atoms with E-state index in [2.05, 4.69) is 15.0 Å². The van der Waals surface area contributed by atoms with Crippen LogP contribution >= 0.6 is 0 Å². The van der Waals surface area contributed by atoms with Crippen molar-refractivity contribution in [1.82, 2.24) is 9.80 Å². The second kappa shape index (κ2) is 6.21. The molecule has 0 spiro atoms. The van der Waals surface area contributed by atoms with Gasteiger partial charge < -0.3 is 15.8 Å². The molecule has 0 amide bonds. The molecule has 2 rings (SSSR count). The fourth-order valence-electron chi connectivity index (χ4n) is 2.99. The maximum absolute atomic E-state index is 8.55. The molecule has 0 bridgehead atoms. The number of nitrogens with two attached hydrogens (primary N) is 1. The lowest BCUT2D eigenvalue weighted by Crippen LogP contribution is -2.48. The number of piperidine rings is 2. The van der Waals surface area contributed by atoms with Crippen molar-refractivity contribution in [3.8, 4) is 0 Å². The van der Waals surface area contributed by atoms with Gasteiger partial charge in [-0.15, -0.1) is 0 Å². The average molecular weight is 240 g/mol. The van der Waals surface area contributed by atoms with Gasteiger partial charge in [-0.3, -0.25) is 4.90 Å². The number of oxime groups is 1. The van der Waals surface area contributed by atoms with Crippen molar-refractivity contribution >= 4 is 5.84 Å². The molecule has 0 aromatic rings. The highest BCUT2D eigenvalue weighted by molar-refractivity contribution is 5.81. The third-order valence-electron chi connectivity index (χ3n) is 3.98. The van der Waals surface area contributed by atoms with Gasteiger partial charge in [0.05, 0.1) is 6.54 Å². The largest absolute Gasteiger partial charge is 0.409 e. The van der Waals surface area contributed by atoms with E-state index in [-0.39, 0.29) is 0 Å². The molecular formula is C12H24N4O. The van der Waals surface area contributed by atoms with E-state index in [4.69, 9.17) is 10.9 Å². The molecule has 17 heavy (non-hydrogen) atoms. The minimum atomic E-state index is 0.321. The van der Waals surface area contributed by atoms with Crippen molar-refractivity contribution in [1.29, 1.82) is 0 Å². The quantitative estimate of drug-likeness (QED) is 0.329. The van der Waals surface area contributed by atoms with Crippen molar-refractivity contribution in [2.45, 2.75) is 38.1 Å². The van der Waals surface area contributed by atoms with Gasteiger partial charge in [0.1, 0.15) is 0 Å². The molecule has 0 radical (unpaired) electrons. The number of hydrogen-bond acceptors (Lipinski definition) is 4. The molecule has 2 heterocycles. The lowest BCUT2D eigenvalue weighted by molar-refractivity contribution is 0.0985. The topological polar surface area (TPSA) is 65.1 Å². The Kier molecular flexibility index (Phi) is 4.62. The predicted octanol–water partition coefficient (Wildman–Crippen LogP) is 0.683. The zero-order valence-corrected chi connectivity index (χ0v) is 10.5. The minimum absolute atomic E-state index is 0.321. The number of hydrogen-bond donors (Lipinski definition) is 2. The molecule has 2 saturated heterocycles. The summed E-state index contributed by atoms with van der Waals surface area (Å²) >= 11 is 0. The summed E-state index contributed by atoms with van der Waals surface area (Å²) in [5.41, 5.74) is 5.53. The summed E-state index contributed by atoms with van der Waals surface area (Å²) in [6, 6.07) is 0.763. The van der Waals surface area contributed by atoms with Crippen LogP contribution in [-0.2, 0) is 0 Å². The van der Waals surface area contributed by atoms with Gasteiger partial charge in [0.15, 0.2) is 5.84 Å². The van der Waals surface area contributed by atoms with Gasteiger partial charge in [-0.1, -0.05) is 11.6 Å². The SMILES string of the molecule is NC(CN1CCC(N2CCCCC2)CC1)=NO. The van der Waals surface area contributed by atoms with Gasteiger partial charge in [0.2, 0.25) is 0 Å². The molecule has 2 aliphatic heterocycles. The first-order valence-corrected chi connectivity index (χ1v) is 6.72. The van der Waals surface area contributed by atoms with Crippen LogP contribution in [0, 0.1) is 0 Å². The predicted molar refractivity (Wildman–Crippen MR) is 68.3 cm³/mol. The van der Waals surface area contributed by atoms with Gasteiger partial charge in [-0.25, -0.2) is 0 Å². The Morgan fingerprint density at radius 1 is 1.12 bits per heavy atom. The van der Waals surface area contributed by atoms with E-state index in [0.717, 1.165) is 19.1 Å². The highest BCUT2D eigenvalue weighted by Gasteiger charge is 2.25. The Bertz CT molecular complexity index is 255. The van der Waals surface area contributed by atoms with Crippen molar-refractivity contribution in [2.24, 2.45) is 10.9 Å². The first kappa shape index (κ1) is 12.6. The maximum Gasteiger partial charge on any atom is 0.153 e. The second-order valence-corrected chi connectivity index (χ2v) is 5.20. The molecule has 5 nitrogen and oxygen atoms in total. The van der Waals surface area contributed by atoms with Crippen molar-refractivity contribution < 1.29 is 5.21 Å². The fraction of sp³-hybridized carbons (Fsp3) is 0.917. The molecule has 98 valence electrons. The van der Waals surface area contributed by atoms with Crippen LogP contribution in [0.25, 0.3) is 0 Å².